The Morgan fingerprint density at radius 2 is 1.87 bits per heavy atom. The molecule has 170 valence electrons. The predicted molar refractivity (Wildman–Crippen MR) is 114 cm³/mol. The maximum atomic E-state index is 13.7. The normalized spacial score (nSPS) is 29.3. The quantitative estimate of drug-likeness (QED) is 0.438. The number of aliphatic hydroxyl groups is 1. The van der Waals surface area contributed by atoms with Gasteiger partial charge in [-0.05, 0) is 39.0 Å². The average Bonchev–Trinajstić information content (AvgIpc) is 2.95. The van der Waals surface area contributed by atoms with E-state index in [9.17, 15) is 19.5 Å². The largest absolute Gasteiger partial charge is 0.466 e. The van der Waals surface area contributed by atoms with E-state index in [4.69, 9.17) is 4.74 Å². The van der Waals surface area contributed by atoms with Crippen molar-refractivity contribution in [2.75, 3.05) is 13.2 Å². The van der Waals surface area contributed by atoms with Crippen molar-refractivity contribution >= 4 is 17.8 Å². The van der Waals surface area contributed by atoms with E-state index in [0.29, 0.717) is 0 Å². The number of amides is 2. The van der Waals surface area contributed by atoms with Gasteiger partial charge in [-0.1, -0.05) is 39.3 Å². The average molecular weight is 423 g/mol. The van der Waals surface area contributed by atoms with Gasteiger partial charge in [0.1, 0.15) is 6.04 Å². The van der Waals surface area contributed by atoms with Crippen LogP contribution >= 0.6 is 0 Å². The lowest BCUT2D eigenvalue weighted by molar-refractivity contribution is -0.156. The highest BCUT2D eigenvalue weighted by atomic mass is 16.5. The van der Waals surface area contributed by atoms with E-state index in [1.807, 2.05) is 46.8 Å². The minimum Gasteiger partial charge on any atom is -0.466 e. The van der Waals surface area contributed by atoms with E-state index in [-0.39, 0.29) is 48.9 Å². The van der Waals surface area contributed by atoms with Crippen molar-refractivity contribution in [1.82, 2.24) is 10.2 Å². The van der Waals surface area contributed by atoms with Crippen LogP contribution in [0.2, 0.25) is 0 Å². The summed E-state index contributed by atoms with van der Waals surface area (Å²) in [7, 11) is 0. The highest BCUT2D eigenvalue weighted by molar-refractivity contribution is 5.96. The van der Waals surface area contributed by atoms with Gasteiger partial charge in [-0.3, -0.25) is 14.4 Å². The molecule has 0 aromatic carbocycles. The van der Waals surface area contributed by atoms with Gasteiger partial charge in [0.2, 0.25) is 11.8 Å². The van der Waals surface area contributed by atoms with Gasteiger partial charge in [0.25, 0.3) is 0 Å². The zero-order valence-electron chi connectivity index (χ0n) is 19.1. The second-order valence-corrected chi connectivity index (χ2v) is 9.07. The van der Waals surface area contributed by atoms with Gasteiger partial charge in [0, 0.05) is 12.0 Å². The van der Waals surface area contributed by atoms with Crippen LogP contribution < -0.4 is 5.32 Å². The Morgan fingerprint density at radius 3 is 2.37 bits per heavy atom. The fourth-order valence-electron chi connectivity index (χ4n) is 4.96. The van der Waals surface area contributed by atoms with Crippen molar-refractivity contribution in [1.29, 1.82) is 0 Å². The number of rotatable bonds is 9. The smallest absolute Gasteiger partial charge is 0.310 e. The topological polar surface area (TPSA) is 95.9 Å². The summed E-state index contributed by atoms with van der Waals surface area (Å²) in [4.78, 5) is 41.4. The van der Waals surface area contributed by atoms with Gasteiger partial charge < -0.3 is 20.1 Å². The molecule has 0 spiro atoms. The molecule has 0 aromatic heterocycles. The molecule has 1 aliphatic carbocycles. The minimum absolute atomic E-state index is 0.0371. The molecule has 2 rings (SSSR count). The molecule has 2 amide bonds. The monoisotopic (exact) mass is 422 g/mol. The summed E-state index contributed by atoms with van der Waals surface area (Å²) in [6.45, 7) is 11.4. The highest BCUT2D eigenvalue weighted by Crippen LogP contribution is 2.46. The van der Waals surface area contributed by atoms with Gasteiger partial charge in [0.05, 0.1) is 31.1 Å². The van der Waals surface area contributed by atoms with Gasteiger partial charge >= 0.3 is 5.97 Å². The van der Waals surface area contributed by atoms with Crippen LogP contribution in [0.1, 0.15) is 54.4 Å². The van der Waals surface area contributed by atoms with E-state index in [1.54, 1.807) is 11.8 Å². The van der Waals surface area contributed by atoms with Crippen molar-refractivity contribution in [3.05, 3.63) is 12.2 Å². The van der Waals surface area contributed by atoms with Crippen molar-refractivity contribution in [3.63, 3.8) is 0 Å². The highest BCUT2D eigenvalue weighted by Gasteiger charge is 2.59. The Labute approximate surface area is 180 Å². The molecule has 0 aromatic rings. The molecule has 6 atom stereocenters. The molecule has 7 heteroatoms. The van der Waals surface area contributed by atoms with Crippen molar-refractivity contribution in [3.8, 4) is 0 Å². The van der Waals surface area contributed by atoms with Crippen molar-refractivity contribution in [2.45, 2.75) is 72.5 Å². The number of esters is 1. The second kappa shape index (κ2) is 10.4. The maximum Gasteiger partial charge on any atom is 0.310 e. The van der Waals surface area contributed by atoms with Gasteiger partial charge in [-0.25, -0.2) is 0 Å². The molecule has 7 nitrogen and oxygen atoms in total. The molecular weight excluding hydrogens is 384 g/mol. The molecule has 0 unspecified atom stereocenters. The van der Waals surface area contributed by atoms with Crippen LogP contribution in [-0.2, 0) is 19.1 Å². The SMILES string of the molecule is CCC[C@@H]1C=C[C@H]2[C@H](C(=O)N([C@@H](CO)C(C)C)[C@@H]2C(=O)NC(C)C)[C@@H]1C(=O)OCC. The first-order valence-corrected chi connectivity index (χ1v) is 11.3. The first-order chi connectivity index (χ1) is 14.2. The number of fused-ring (bicyclic) bond motifs is 1. The number of aliphatic hydroxyl groups excluding tert-OH is 1. The standard InChI is InChI=1S/C23H38N2O5/c1-7-9-15-10-11-16-19(18(15)23(29)30-8-2)22(28)25(17(12-26)13(3)4)20(16)21(27)24-14(5)6/h10-11,13-20,26H,7-9,12H2,1-6H3,(H,24,27)/t15-,16+,17+,18-,19+,20+/m1/s1. The number of ether oxygens (including phenoxy) is 1. The molecule has 0 radical (unpaired) electrons. The lowest BCUT2D eigenvalue weighted by Crippen LogP contribution is -2.54. The van der Waals surface area contributed by atoms with E-state index in [1.165, 1.54) is 0 Å². The van der Waals surface area contributed by atoms with Crippen LogP contribution in [-0.4, -0.2) is 59.1 Å². The van der Waals surface area contributed by atoms with Gasteiger partial charge in [-0.15, -0.1) is 0 Å². The molecular formula is C23H38N2O5. The molecule has 2 N–H and O–H groups in total. The van der Waals surface area contributed by atoms with Gasteiger partial charge in [0.15, 0.2) is 0 Å². The molecule has 1 aliphatic heterocycles. The summed E-state index contributed by atoms with van der Waals surface area (Å²) in [6.07, 6.45) is 5.58. The van der Waals surface area contributed by atoms with E-state index < -0.39 is 29.8 Å². The Balaban J connectivity index is 2.55. The number of hydrogen-bond acceptors (Lipinski definition) is 5. The van der Waals surface area contributed by atoms with Crippen LogP contribution in [0.3, 0.4) is 0 Å². The van der Waals surface area contributed by atoms with E-state index in [2.05, 4.69) is 5.32 Å². The fraction of sp³-hybridized carbons (Fsp3) is 0.783. The molecule has 2 aliphatic rings. The summed E-state index contributed by atoms with van der Waals surface area (Å²) in [6, 6.07) is -1.33. The number of hydrogen-bond donors (Lipinski definition) is 2. The van der Waals surface area contributed by atoms with Crippen LogP contribution in [0.15, 0.2) is 12.2 Å². The first-order valence-electron chi connectivity index (χ1n) is 11.3. The first kappa shape index (κ1) is 24.4. The lowest BCUT2D eigenvalue weighted by Gasteiger charge is -2.35. The lowest BCUT2D eigenvalue weighted by atomic mass is 9.69. The number of carbonyl (C=O) groups is 3. The van der Waals surface area contributed by atoms with Gasteiger partial charge in [-0.2, -0.15) is 0 Å². The molecule has 0 bridgehead atoms. The molecule has 1 saturated heterocycles. The zero-order valence-corrected chi connectivity index (χ0v) is 19.1. The Kier molecular flexibility index (Phi) is 8.47. The summed E-state index contributed by atoms with van der Waals surface area (Å²) in [5.74, 6) is -2.68. The predicted octanol–water partition coefficient (Wildman–Crippen LogP) is 2.14. The summed E-state index contributed by atoms with van der Waals surface area (Å²) >= 11 is 0. The summed E-state index contributed by atoms with van der Waals surface area (Å²) in [5.41, 5.74) is 0. The minimum atomic E-state index is -0.750. The number of nitrogens with one attached hydrogen (secondary N) is 1. The number of carbonyl (C=O) groups excluding carboxylic acids is 3. The third kappa shape index (κ3) is 4.71. The molecule has 0 saturated carbocycles. The Hall–Kier alpha value is -1.89. The molecule has 1 fully saturated rings. The summed E-state index contributed by atoms with van der Waals surface area (Å²) < 4.78 is 5.35. The van der Waals surface area contributed by atoms with E-state index >= 15 is 0 Å². The molecule has 1 heterocycles. The second-order valence-electron chi connectivity index (χ2n) is 9.07. The molecule has 30 heavy (non-hydrogen) atoms. The zero-order chi connectivity index (χ0) is 22.6. The van der Waals surface area contributed by atoms with E-state index in [0.717, 1.165) is 12.8 Å². The van der Waals surface area contributed by atoms with Crippen LogP contribution in [0.5, 0.6) is 0 Å². The number of nitrogens with zero attached hydrogens (tertiary/aromatic N) is 1. The van der Waals surface area contributed by atoms with Crippen molar-refractivity contribution in [2.24, 2.45) is 29.6 Å². The third-order valence-corrected chi connectivity index (χ3v) is 6.24. The van der Waals surface area contributed by atoms with Crippen LogP contribution in [0.4, 0.5) is 0 Å². The Bertz CT molecular complexity index is 660. The van der Waals surface area contributed by atoms with Crippen molar-refractivity contribution < 1.29 is 24.2 Å². The fourth-order valence-corrected chi connectivity index (χ4v) is 4.96. The Morgan fingerprint density at radius 1 is 1.20 bits per heavy atom. The third-order valence-electron chi connectivity index (χ3n) is 6.24. The van der Waals surface area contributed by atoms with Crippen LogP contribution in [0.25, 0.3) is 0 Å². The number of likely N-dealkylation sites (tertiary alicyclic amines) is 1. The maximum absolute atomic E-state index is 13.7. The number of allylic oxidation sites excluding steroid dienone is 1. The summed E-state index contributed by atoms with van der Waals surface area (Å²) in [5, 5.41) is 13.0. The van der Waals surface area contributed by atoms with Crippen LogP contribution in [0, 0.1) is 29.6 Å².